The number of ether oxygens (including phenoxy) is 3. The molecule has 3 aliphatic heterocycles. The summed E-state index contributed by atoms with van der Waals surface area (Å²) >= 11 is 0. The average Bonchev–Trinajstić information content (AvgIpc) is 3.37. The molecule has 14 heteroatoms. The molecular formula is C55H68N6O8. The number of benzene rings is 4. The predicted molar refractivity (Wildman–Crippen MR) is 265 cm³/mol. The number of hydrogen-bond acceptors (Lipinski definition) is 9. The second-order valence-electron chi connectivity index (χ2n) is 19.3. The van der Waals surface area contributed by atoms with Gasteiger partial charge in [0.1, 0.15) is 18.1 Å². The van der Waals surface area contributed by atoms with E-state index in [9.17, 15) is 24.0 Å². The summed E-state index contributed by atoms with van der Waals surface area (Å²) in [4.78, 5) is 69.2. The molecule has 3 saturated heterocycles. The molecule has 4 aliphatic rings. The number of urea groups is 1. The first-order chi connectivity index (χ1) is 33.5. The molecule has 4 N–H and O–H groups in total. The van der Waals surface area contributed by atoms with Crippen molar-refractivity contribution in [1.82, 2.24) is 20.4 Å². The lowest BCUT2D eigenvalue weighted by Gasteiger charge is -2.38. The number of likely N-dealkylation sites (tertiary alicyclic amines) is 2. The largest absolute Gasteiger partial charge is 0.491 e. The van der Waals surface area contributed by atoms with Crippen molar-refractivity contribution in [1.29, 1.82) is 0 Å². The van der Waals surface area contributed by atoms with Gasteiger partial charge in [0.25, 0.3) is 5.91 Å². The van der Waals surface area contributed by atoms with Crippen molar-refractivity contribution in [2.45, 2.75) is 83.1 Å². The number of carbonyl (C=O) groups excluding carboxylic acids is 5. The molecule has 366 valence electrons. The number of imide groups is 1. The van der Waals surface area contributed by atoms with Crippen LogP contribution in [0.4, 0.5) is 10.5 Å². The summed E-state index contributed by atoms with van der Waals surface area (Å²) in [6, 6.07) is 29.5. The van der Waals surface area contributed by atoms with Gasteiger partial charge in [-0.25, -0.2) is 4.79 Å². The van der Waals surface area contributed by atoms with E-state index >= 15 is 0 Å². The molecule has 4 aromatic carbocycles. The van der Waals surface area contributed by atoms with E-state index in [-0.39, 0.29) is 36.7 Å². The molecular weight excluding hydrogens is 873 g/mol. The number of rotatable bonds is 18. The Balaban J connectivity index is 0.766. The summed E-state index contributed by atoms with van der Waals surface area (Å²) in [5.41, 5.74) is 11.8. The number of hydrogen-bond donors (Lipinski definition) is 3. The van der Waals surface area contributed by atoms with Crippen molar-refractivity contribution in [3.63, 3.8) is 0 Å². The number of nitrogens with two attached hydrogens (primary N) is 1. The molecule has 3 heterocycles. The SMILES string of the molecule is COCCOc1ccc(C(N)=O)c(-c2cccc(C(CNC3CCC(C(=O)N4CCC(CC5CCN(C(=O)COc6ccc(C)c(N7CCC(=O)NC7=O)c6)CC5)CC4)CC3)c3ccccc3)c2)c1. The highest BCUT2D eigenvalue weighted by Gasteiger charge is 2.34. The molecule has 1 atom stereocenters. The zero-order valence-corrected chi connectivity index (χ0v) is 40.2. The lowest BCUT2D eigenvalue weighted by atomic mass is 9.81. The third-order valence-electron chi connectivity index (χ3n) is 14.7. The van der Waals surface area contributed by atoms with Crippen LogP contribution in [0.2, 0.25) is 0 Å². The number of amides is 6. The molecule has 0 aromatic heterocycles. The molecule has 1 aliphatic carbocycles. The minimum absolute atomic E-state index is 0.0443. The smallest absolute Gasteiger partial charge is 0.328 e. The molecule has 14 nitrogen and oxygen atoms in total. The van der Waals surface area contributed by atoms with E-state index < -0.39 is 11.9 Å². The second kappa shape index (κ2) is 23.4. The van der Waals surface area contributed by atoms with Gasteiger partial charge in [-0.15, -0.1) is 0 Å². The first kappa shape index (κ1) is 49.2. The van der Waals surface area contributed by atoms with E-state index in [4.69, 9.17) is 19.9 Å². The van der Waals surface area contributed by atoms with E-state index in [0.29, 0.717) is 79.4 Å². The highest BCUT2D eigenvalue weighted by molar-refractivity contribution is 6.06. The van der Waals surface area contributed by atoms with Crippen LogP contribution in [0, 0.1) is 24.7 Å². The van der Waals surface area contributed by atoms with Crippen LogP contribution in [0.3, 0.4) is 0 Å². The van der Waals surface area contributed by atoms with Crippen LogP contribution in [0.15, 0.2) is 91.0 Å². The predicted octanol–water partition coefficient (Wildman–Crippen LogP) is 7.46. The Hall–Kier alpha value is -6.25. The normalized spacial score (nSPS) is 19.8. The van der Waals surface area contributed by atoms with E-state index in [2.05, 4.69) is 51.9 Å². The molecule has 0 bridgehead atoms. The molecule has 6 amide bonds. The Kier molecular flexibility index (Phi) is 16.7. The van der Waals surface area contributed by atoms with Crippen LogP contribution in [0.1, 0.15) is 97.2 Å². The van der Waals surface area contributed by atoms with E-state index in [1.807, 2.05) is 42.2 Å². The van der Waals surface area contributed by atoms with Crippen LogP contribution in [-0.4, -0.2) is 112 Å². The average molecular weight is 941 g/mol. The molecule has 1 saturated carbocycles. The first-order valence-corrected chi connectivity index (χ1v) is 24.9. The highest BCUT2D eigenvalue weighted by atomic mass is 16.5. The van der Waals surface area contributed by atoms with Gasteiger partial charge in [-0.05, 0) is 129 Å². The minimum atomic E-state index is -0.493. The number of piperidine rings is 2. The second-order valence-corrected chi connectivity index (χ2v) is 19.3. The number of nitrogens with zero attached hydrogens (tertiary/aromatic N) is 3. The van der Waals surface area contributed by atoms with E-state index in [0.717, 1.165) is 99.7 Å². The summed E-state index contributed by atoms with van der Waals surface area (Å²) in [5.74, 6) is 1.94. The first-order valence-electron chi connectivity index (χ1n) is 24.9. The number of nitrogens with one attached hydrogen (secondary N) is 2. The van der Waals surface area contributed by atoms with Gasteiger partial charge in [0.15, 0.2) is 6.61 Å². The van der Waals surface area contributed by atoms with Gasteiger partial charge in [-0.2, -0.15) is 0 Å². The Morgan fingerprint density at radius 2 is 1.42 bits per heavy atom. The molecule has 69 heavy (non-hydrogen) atoms. The van der Waals surface area contributed by atoms with Crippen LogP contribution >= 0.6 is 0 Å². The fraction of sp³-hybridized carbons (Fsp3) is 0.473. The Labute approximate surface area is 406 Å². The van der Waals surface area contributed by atoms with Crippen molar-refractivity contribution >= 4 is 35.3 Å². The third-order valence-corrected chi connectivity index (χ3v) is 14.7. The molecule has 0 spiro atoms. The molecule has 8 rings (SSSR count). The Morgan fingerprint density at radius 3 is 2.12 bits per heavy atom. The summed E-state index contributed by atoms with van der Waals surface area (Å²) in [6.07, 6.45) is 9.05. The number of anilines is 1. The standard InChI is InChI=1S/C55H68N6O8/c1-37-11-16-46(34-50(37)61-28-23-51(62)58-55(61)66)69-36-52(63)59-24-19-38(20-25-59)31-39-21-26-60(27-22-39)54(65)41-12-14-44(15-13-41)57-35-49(40-7-4-3-5-8-40)43-10-6-9-42(32-43)48-33-45(68-30-29-67-2)17-18-47(48)53(56)64/h3-11,16-18,32-34,38-39,41,44,49,57H,12-15,19-31,35-36H2,1-2H3,(H2,56,64)(H,58,62,66). The summed E-state index contributed by atoms with van der Waals surface area (Å²) in [6.45, 7) is 6.78. The summed E-state index contributed by atoms with van der Waals surface area (Å²) in [7, 11) is 1.63. The van der Waals surface area contributed by atoms with Gasteiger partial charge >= 0.3 is 6.03 Å². The Bertz CT molecular complexity index is 2420. The quantitative estimate of drug-likeness (QED) is 0.0857. The Morgan fingerprint density at radius 1 is 0.739 bits per heavy atom. The van der Waals surface area contributed by atoms with Crippen LogP contribution in [-0.2, 0) is 19.1 Å². The van der Waals surface area contributed by atoms with Gasteiger partial charge in [0.05, 0.1) is 12.3 Å². The maximum Gasteiger partial charge on any atom is 0.328 e. The number of methoxy groups -OCH3 is 1. The third kappa shape index (κ3) is 12.7. The fourth-order valence-corrected chi connectivity index (χ4v) is 10.7. The molecule has 4 aromatic rings. The van der Waals surface area contributed by atoms with Crippen LogP contribution < -0.4 is 30.7 Å². The van der Waals surface area contributed by atoms with Crippen LogP contribution in [0.5, 0.6) is 11.5 Å². The fourth-order valence-electron chi connectivity index (χ4n) is 10.7. The topological polar surface area (TPSA) is 173 Å². The van der Waals surface area contributed by atoms with Gasteiger partial charge in [-0.1, -0.05) is 60.7 Å². The van der Waals surface area contributed by atoms with E-state index in [1.54, 1.807) is 31.4 Å². The zero-order valence-electron chi connectivity index (χ0n) is 40.2. The lowest BCUT2D eigenvalue weighted by molar-refractivity contribution is -0.138. The van der Waals surface area contributed by atoms with Gasteiger partial charge in [0, 0.05) is 82.3 Å². The maximum atomic E-state index is 13.9. The zero-order chi connectivity index (χ0) is 48.3. The minimum Gasteiger partial charge on any atom is -0.491 e. The van der Waals surface area contributed by atoms with Crippen molar-refractivity contribution in [2.75, 3.05) is 71.1 Å². The van der Waals surface area contributed by atoms with Crippen molar-refractivity contribution in [3.05, 3.63) is 113 Å². The maximum absolute atomic E-state index is 13.9. The molecule has 0 radical (unpaired) electrons. The van der Waals surface area contributed by atoms with Gasteiger partial charge in [-0.3, -0.25) is 29.4 Å². The van der Waals surface area contributed by atoms with Crippen molar-refractivity contribution in [2.24, 2.45) is 23.5 Å². The summed E-state index contributed by atoms with van der Waals surface area (Å²) < 4.78 is 16.9. The van der Waals surface area contributed by atoms with Crippen LogP contribution in [0.25, 0.3) is 11.1 Å². The monoisotopic (exact) mass is 941 g/mol. The molecule has 4 fully saturated rings. The lowest BCUT2D eigenvalue weighted by Crippen LogP contribution is -2.49. The summed E-state index contributed by atoms with van der Waals surface area (Å²) in [5, 5.41) is 6.25. The number of carbonyl (C=O) groups is 5. The van der Waals surface area contributed by atoms with Gasteiger partial charge in [0.2, 0.25) is 17.7 Å². The number of aryl methyl sites for hydroxylation is 1. The van der Waals surface area contributed by atoms with Crippen molar-refractivity contribution in [3.8, 4) is 22.6 Å². The van der Waals surface area contributed by atoms with E-state index in [1.165, 1.54) is 10.5 Å². The highest BCUT2D eigenvalue weighted by Crippen LogP contribution is 2.35. The molecule has 1 unspecified atom stereocenters. The number of primary amides is 1. The van der Waals surface area contributed by atoms with Crippen molar-refractivity contribution < 1.29 is 38.2 Å². The van der Waals surface area contributed by atoms with Gasteiger partial charge < -0.3 is 35.1 Å².